The molecular weight excluding hydrogens is 320 g/mol. The number of hydrogen-bond acceptors (Lipinski definition) is 5. The molecule has 0 aliphatic carbocycles. The summed E-state index contributed by atoms with van der Waals surface area (Å²) < 4.78 is 0. The van der Waals surface area contributed by atoms with E-state index in [0.29, 0.717) is 22.4 Å². The Morgan fingerprint density at radius 3 is 2.55 bits per heavy atom. The second kappa shape index (κ2) is 7.56. The first kappa shape index (κ1) is 16.7. The molecule has 2 rings (SSSR count). The number of nitrogens with one attached hydrogen (secondary N) is 1. The lowest BCUT2D eigenvalue weighted by Crippen LogP contribution is -2.25. The van der Waals surface area contributed by atoms with Crippen molar-refractivity contribution in [1.82, 2.24) is 15.0 Å². The number of aryl methyl sites for hydroxylation is 2. The van der Waals surface area contributed by atoms with Crippen LogP contribution in [0.5, 0.6) is 0 Å². The topological polar surface area (TPSA) is 67.8 Å². The molecule has 7 heteroatoms. The van der Waals surface area contributed by atoms with Crippen molar-refractivity contribution in [2.45, 2.75) is 37.6 Å². The van der Waals surface area contributed by atoms with E-state index >= 15 is 0 Å². The average Bonchev–Trinajstić information content (AvgIpc) is 2.46. The quantitative estimate of drug-likeness (QED) is 0.666. The Kier molecular flexibility index (Phi) is 5.74. The maximum Gasteiger partial charge on any atom is 0.239 e. The number of thioether (sulfide) groups is 1. The van der Waals surface area contributed by atoms with Crippen molar-refractivity contribution in [2.24, 2.45) is 0 Å². The highest BCUT2D eigenvalue weighted by molar-refractivity contribution is 8.00. The summed E-state index contributed by atoms with van der Waals surface area (Å²) in [7, 11) is 0. The van der Waals surface area contributed by atoms with Gasteiger partial charge in [0.05, 0.1) is 10.3 Å². The minimum Gasteiger partial charge on any atom is -0.310 e. The molecule has 0 bridgehead atoms. The molecule has 116 valence electrons. The molecule has 5 nitrogen and oxygen atoms in total. The molecule has 2 aromatic rings. The lowest BCUT2D eigenvalue weighted by atomic mass is 10.3. The van der Waals surface area contributed by atoms with Crippen LogP contribution in [0, 0.1) is 13.8 Å². The Morgan fingerprint density at radius 2 is 2.00 bits per heavy atom. The van der Waals surface area contributed by atoms with Crippen LogP contribution >= 0.6 is 23.4 Å². The van der Waals surface area contributed by atoms with Gasteiger partial charge in [-0.2, -0.15) is 0 Å². The molecule has 1 atom stereocenters. The van der Waals surface area contributed by atoms with Gasteiger partial charge in [-0.1, -0.05) is 30.3 Å². The van der Waals surface area contributed by atoms with Gasteiger partial charge in [0.2, 0.25) is 5.91 Å². The second-order valence-corrected chi connectivity index (χ2v) is 6.41. The van der Waals surface area contributed by atoms with Gasteiger partial charge in [-0.25, -0.2) is 15.0 Å². The molecule has 2 aromatic heterocycles. The number of anilines is 1. The molecule has 1 amide bonds. The van der Waals surface area contributed by atoms with Gasteiger partial charge in [-0.05, 0) is 38.5 Å². The average molecular weight is 337 g/mol. The summed E-state index contributed by atoms with van der Waals surface area (Å²) in [6.07, 6.45) is 2.17. The zero-order chi connectivity index (χ0) is 16.1. The molecule has 1 N–H and O–H groups in total. The standard InChI is InChI=1S/C15H17ClN4OS/c1-4-12(22-15-18-9(2)7-10(3)19-15)14(21)20-13-6-5-11(16)8-17-13/h5-8,12H,4H2,1-3H3,(H,17,20,21)/t12-/m1/s1. The number of halogens is 1. The van der Waals surface area contributed by atoms with E-state index in [-0.39, 0.29) is 11.2 Å². The van der Waals surface area contributed by atoms with Crippen molar-refractivity contribution >= 4 is 35.1 Å². The van der Waals surface area contributed by atoms with Crippen LogP contribution in [-0.4, -0.2) is 26.1 Å². The third kappa shape index (κ3) is 4.68. The van der Waals surface area contributed by atoms with Gasteiger partial charge in [0.1, 0.15) is 5.82 Å². The summed E-state index contributed by atoms with van der Waals surface area (Å²) >= 11 is 7.14. The minimum absolute atomic E-state index is 0.120. The summed E-state index contributed by atoms with van der Waals surface area (Å²) in [5.41, 5.74) is 1.79. The maximum absolute atomic E-state index is 12.3. The predicted octanol–water partition coefficient (Wildman–Crippen LogP) is 3.65. The van der Waals surface area contributed by atoms with Gasteiger partial charge < -0.3 is 5.32 Å². The highest BCUT2D eigenvalue weighted by Crippen LogP contribution is 2.24. The number of carbonyl (C=O) groups excluding carboxylic acids is 1. The fourth-order valence-electron chi connectivity index (χ4n) is 1.85. The minimum atomic E-state index is -0.279. The number of rotatable bonds is 5. The van der Waals surface area contributed by atoms with Gasteiger partial charge in [-0.3, -0.25) is 4.79 Å². The molecule has 0 spiro atoms. The van der Waals surface area contributed by atoms with E-state index in [4.69, 9.17) is 11.6 Å². The fraction of sp³-hybridized carbons (Fsp3) is 0.333. The largest absolute Gasteiger partial charge is 0.310 e. The third-order valence-corrected chi connectivity index (χ3v) is 4.30. The third-order valence-electron chi connectivity index (χ3n) is 2.85. The number of aromatic nitrogens is 3. The zero-order valence-electron chi connectivity index (χ0n) is 12.6. The Bertz CT molecular complexity index is 643. The Hall–Kier alpha value is -1.66. The number of carbonyl (C=O) groups is 1. The SMILES string of the molecule is CC[C@@H](Sc1nc(C)cc(C)n1)C(=O)Nc1ccc(Cl)cn1. The zero-order valence-corrected chi connectivity index (χ0v) is 14.2. The smallest absolute Gasteiger partial charge is 0.239 e. The first-order chi connectivity index (χ1) is 10.5. The first-order valence-corrected chi connectivity index (χ1v) is 8.15. The molecule has 22 heavy (non-hydrogen) atoms. The molecule has 0 aliphatic heterocycles. The van der Waals surface area contributed by atoms with Crippen LogP contribution in [0.25, 0.3) is 0 Å². The van der Waals surface area contributed by atoms with Crippen molar-refractivity contribution in [3.05, 3.63) is 40.8 Å². The molecule has 0 aliphatic rings. The van der Waals surface area contributed by atoms with Crippen LogP contribution < -0.4 is 5.32 Å². The van der Waals surface area contributed by atoms with Crippen LogP contribution in [0.2, 0.25) is 5.02 Å². The predicted molar refractivity (Wildman–Crippen MR) is 89.3 cm³/mol. The molecule has 0 saturated carbocycles. The van der Waals surface area contributed by atoms with Gasteiger partial charge in [0.25, 0.3) is 0 Å². The van der Waals surface area contributed by atoms with E-state index in [2.05, 4.69) is 20.3 Å². The summed E-state index contributed by atoms with van der Waals surface area (Å²) in [6.45, 7) is 5.78. The van der Waals surface area contributed by atoms with Gasteiger partial charge >= 0.3 is 0 Å². The van der Waals surface area contributed by atoms with Crippen molar-refractivity contribution < 1.29 is 4.79 Å². The molecule has 2 heterocycles. The van der Waals surface area contributed by atoms with Crippen LogP contribution in [0.15, 0.2) is 29.6 Å². The highest BCUT2D eigenvalue weighted by atomic mass is 35.5. The van der Waals surface area contributed by atoms with Crippen LogP contribution in [0.1, 0.15) is 24.7 Å². The summed E-state index contributed by atoms with van der Waals surface area (Å²) in [5, 5.41) is 3.65. The number of hydrogen-bond donors (Lipinski definition) is 1. The lowest BCUT2D eigenvalue weighted by molar-refractivity contribution is -0.115. The fourth-order valence-corrected chi connectivity index (χ4v) is 2.94. The molecule has 0 unspecified atom stereocenters. The van der Waals surface area contributed by atoms with Gasteiger partial charge in [-0.15, -0.1) is 0 Å². The molecular formula is C15H17ClN4OS. The molecule has 0 radical (unpaired) electrons. The molecule has 0 fully saturated rings. The maximum atomic E-state index is 12.3. The summed E-state index contributed by atoms with van der Waals surface area (Å²) in [5.74, 6) is 0.361. The first-order valence-electron chi connectivity index (χ1n) is 6.89. The van der Waals surface area contributed by atoms with Gasteiger partial charge in [0, 0.05) is 17.6 Å². The van der Waals surface area contributed by atoms with Gasteiger partial charge in [0.15, 0.2) is 5.16 Å². The van der Waals surface area contributed by atoms with Crippen molar-refractivity contribution in [1.29, 1.82) is 0 Å². The van der Waals surface area contributed by atoms with E-state index in [9.17, 15) is 4.79 Å². The van der Waals surface area contributed by atoms with E-state index in [0.717, 1.165) is 11.4 Å². The van der Waals surface area contributed by atoms with Crippen molar-refractivity contribution in [3.8, 4) is 0 Å². The summed E-state index contributed by atoms with van der Waals surface area (Å²) in [4.78, 5) is 25.1. The Morgan fingerprint density at radius 1 is 1.32 bits per heavy atom. The van der Waals surface area contributed by atoms with Crippen molar-refractivity contribution in [3.63, 3.8) is 0 Å². The van der Waals surface area contributed by atoms with Crippen LogP contribution in [0.3, 0.4) is 0 Å². The number of nitrogens with zero attached hydrogens (tertiary/aromatic N) is 3. The van der Waals surface area contributed by atoms with Crippen LogP contribution in [0.4, 0.5) is 5.82 Å². The second-order valence-electron chi connectivity index (χ2n) is 4.80. The molecule has 0 saturated heterocycles. The monoisotopic (exact) mass is 336 g/mol. The number of pyridine rings is 1. The van der Waals surface area contributed by atoms with E-state index in [1.807, 2.05) is 26.8 Å². The lowest BCUT2D eigenvalue weighted by Gasteiger charge is -2.13. The van der Waals surface area contributed by atoms with E-state index in [1.165, 1.54) is 18.0 Å². The van der Waals surface area contributed by atoms with E-state index in [1.54, 1.807) is 12.1 Å². The number of amides is 1. The van der Waals surface area contributed by atoms with Crippen LogP contribution in [-0.2, 0) is 4.79 Å². The normalized spacial score (nSPS) is 12.0. The Balaban J connectivity index is 2.06. The van der Waals surface area contributed by atoms with E-state index < -0.39 is 0 Å². The Labute approximate surface area is 138 Å². The summed E-state index contributed by atoms with van der Waals surface area (Å²) in [6, 6.07) is 5.26. The van der Waals surface area contributed by atoms with Crippen molar-refractivity contribution in [2.75, 3.05) is 5.32 Å². The molecule has 0 aromatic carbocycles. The highest BCUT2D eigenvalue weighted by Gasteiger charge is 2.20.